The SMILES string of the molecule is O=S(=O)(c1ccc(C(F)(F)F)cn1)N1CCCC2(C1)OCCO2. The quantitative estimate of drug-likeness (QED) is 0.809. The van der Waals surface area contributed by atoms with Gasteiger partial charge in [-0.05, 0) is 18.6 Å². The molecule has 23 heavy (non-hydrogen) atoms. The highest BCUT2D eigenvalue weighted by molar-refractivity contribution is 7.89. The van der Waals surface area contributed by atoms with Gasteiger partial charge >= 0.3 is 6.18 Å². The topological polar surface area (TPSA) is 68.7 Å². The molecule has 0 bridgehead atoms. The second-order valence-corrected chi connectivity index (χ2v) is 7.32. The molecule has 0 saturated carbocycles. The first-order valence-electron chi connectivity index (χ1n) is 7.04. The minimum atomic E-state index is -4.56. The minimum Gasteiger partial charge on any atom is -0.346 e. The van der Waals surface area contributed by atoms with Gasteiger partial charge < -0.3 is 9.47 Å². The Morgan fingerprint density at radius 1 is 1.22 bits per heavy atom. The molecule has 0 N–H and O–H groups in total. The van der Waals surface area contributed by atoms with Gasteiger partial charge in [0.15, 0.2) is 10.8 Å². The molecule has 2 aliphatic rings. The van der Waals surface area contributed by atoms with Gasteiger partial charge in [0.25, 0.3) is 10.0 Å². The van der Waals surface area contributed by atoms with E-state index < -0.39 is 32.6 Å². The number of rotatable bonds is 2. The van der Waals surface area contributed by atoms with Crippen LogP contribution in [0.3, 0.4) is 0 Å². The Kier molecular flexibility index (Phi) is 4.11. The minimum absolute atomic E-state index is 0.0119. The second-order valence-electron chi connectivity index (χ2n) is 5.43. The molecule has 3 heterocycles. The number of hydrogen-bond acceptors (Lipinski definition) is 5. The number of nitrogens with zero attached hydrogens (tertiary/aromatic N) is 2. The fourth-order valence-corrected chi connectivity index (χ4v) is 4.15. The fourth-order valence-electron chi connectivity index (χ4n) is 2.72. The molecule has 0 aromatic carbocycles. The normalized spacial score (nSPS) is 22.6. The molecule has 2 fully saturated rings. The van der Waals surface area contributed by atoms with Crippen molar-refractivity contribution in [3.05, 3.63) is 23.9 Å². The molecular formula is C13H15F3N2O4S. The number of aromatic nitrogens is 1. The van der Waals surface area contributed by atoms with E-state index in [1.165, 1.54) is 0 Å². The van der Waals surface area contributed by atoms with Gasteiger partial charge in [-0.1, -0.05) is 0 Å². The van der Waals surface area contributed by atoms with Crippen LogP contribution in [0.1, 0.15) is 18.4 Å². The summed E-state index contributed by atoms with van der Waals surface area (Å²) >= 11 is 0. The lowest BCUT2D eigenvalue weighted by atomic mass is 10.1. The van der Waals surface area contributed by atoms with Gasteiger partial charge in [0, 0.05) is 19.2 Å². The summed E-state index contributed by atoms with van der Waals surface area (Å²) < 4.78 is 74.9. The maximum Gasteiger partial charge on any atom is 0.417 e. The van der Waals surface area contributed by atoms with Crippen molar-refractivity contribution < 1.29 is 31.1 Å². The molecule has 2 aliphatic heterocycles. The average molecular weight is 352 g/mol. The standard InChI is InChI=1S/C13H15F3N2O4S/c14-13(15,16)10-2-3-11(17-8-10)23(19,20)18-5-1-4-12(9-18)21-6-7-22-12/h2-3,8H,1,4-7,9H2. The number of hydrogen-bond donors (Lipinski definition) is 0. The van der Waals surface area contributed by atoms with Crippen LogP contribution in [-0.2, 0) is 25.7 Å². The fraction of sp³-hybridized carbons (Fsp3) is 0.615. The van der Waals surface area contributed by atoms with Crippen molar-refractivity contribution >= 4 is 10.0 Å². The molecule has 0 atom stereocenters. The molecule has 0 unspecified atom stereocenters. The van der Waals surface area contributed by atoms with E-state index in [1.54, 1.807) is 0 Å². The Hall–Kier alpha value is -1.23. The zero-order chi connectivity index (χ0) is 16.7. The van der Waals surface area contributed by atoms with Crippen molar-refractivity contribution in [2.45, 2.75) is 29.8 Å². The smallest absolute Gasteiger partial charge is 0.346 e. The van der Waals surface area contributed by atoms with E-state index >= 15 is 0 Å². The van der Waals surface area contributed by atoms with Gasteiger partial charge in [-0.25, -0.2) is 13.4 Å². The molecular weight excluding hydrogens is 337 g/mol. The molecule has 1 aromatic heterocycles. The summed E-state index contributed by atoms with van der Waals surface area (Å²) in [5, 5.41) is -0.416. The third kappa shape index (κ3) is 3.21. The van der Waals surface area contributed by atoms with Crippen LogP contribution in [0.15, 0.2) is 23.4 Å². The van der Waals surface area contributed by atoms with Crippen LogP contribution in [0.4, 0.5) is 13.2 Å². The Labute approximate surface area is 131 Å². The number of sulfonamides is 1. The van der Waals surface area contributed by atoms with Crippen LogP contribution in [-0.4, -0.2) is 49.8 Å². The van der Waals surface area contributed by atoms with Gasteiger partial charge in [-0.2, -0.15) is 17.5 Å². The van der Waals surface area contributed by atoms with Crippen LogP contribution >= 0.6 is 0 Å². The molecule has 1 spiro atoms. The summed E-state index contributed by atoms with van der Waals surface area (Å²) in [7, 11) is -3.99. The zero-order valence-electron chi connectivity index (χ0n) is 12.0. The number of pyridine rings is 1. The summed E-state index contributed by atoms with van der Waals surface area (Å²) in [4.78, 5) is 3.48. The van der Waals surface area contributed by atoms with Gasteiger partial charge in [0.2, 0.25) is 0 Å². The van der Waals surface area contributed by atoms with Crippen molar-refractivity contribution in [2.75, 3.05) is 26.3 Å². The number of ether oxygens (including phenoxy) is 2. The van der Waals surface area contributed by atoms with E-state index in [0.717, 1.165) is 10.4 Å². The monoisotopic (exact) mass is 352 g/mol. The second kappa shape index (κ2) is 5.69. The van der Waals surface area contributed by atoms with Crippen LogP contribution in [0.2, 0.25) is 0 Å². The van der Waals surface area contributed by atoms with E-state index in [1.807, 2.05) is 0 Å². The van der Waals surface area contributed by atoms with E-state index in [-0.39, 0.29) is 13.1 Å². The predicted octanol–water partition coefficient (Wildman–Crippen LogP) is 1.63. The molecule has 10 heteroatoms. The number of halogens is 3. The van der Waals surface area contributed by atoms with Crippen molar-refractivity contribution in [3.63, 3.8) is 0 Å². The molecule has 1 aromatic rings. The molecule has 2 saturated heterocycles. The maximum atomic E-state index is 12.6. The number of piperidine rings is 1. The average Bonchev–Trinajstić information content (AvgIpc) is 2.94. The number of alkyl halides is 3. The zero-order valence-corrected chi connectivity index (χ0v) is 12.9. The highest BCUT2D eigenvalue weighted by Gasteiger charge is 2.44. The summed E-state index contributed by atoms with van der Waals surface area (Å²) in [5.41, 5.74) is -0.992. The highest BCUT2D eigenvalue weighted by atomic mass is 32.2. The molecule has 6 nitrogen and oxygen atoms in total. The van der Waals surface area contributed by atoms with E-state index in [9.17, 15) is 21.6 Å². The first-order valence-corrected chi connectivity index (χ1v) is 8.48. The highest BCUT2D eigenvalue weighted by Crippen LogP contribution is 2.33. The molecule has 0 amide bonds. The van der Waals surface area contributed by atoms with E-state index in [4.69, 9.17) is 9.47 Å². The summed E-state index contributed by atoms with van der Waals surface area (Å²) in [6.45, 7) is 1.05. The Morgan fingerprint density at radius 2 is 1.91 bits per heavy atom. The summed E-state index contributed by atoms with van der Waals surface area (Å²) in [6, 6.07) is 1.58. The first kappa shape index (κ1) is 16.6. The predicted molar refractivity (Wildman–Crippen MR) is 71.9 cm³/mol. The van der Waals surface area contributed by atoms with Crippen LogP contribution in [0, 0.1) is 0 Å². The molecule has 3 rings (SSSR count). The Morgan fingerprint density at radius 3 is 2.48 bits per heavy atom. The van der Waals surface area contributed by atoms with E-state index in [2.05, 4.69) is 4.98 Å². The van der Waals surface area contributed by atoms with Crippen LogP contribution in [0.25, 0.3) is 0 Å². The van der Waals surface area contributed by atoms with Crippen LogP contribution < -0.4 is 0 Å². The molecule has 0 radical (unpaired) electrons. The Balaban J connectivity index is 1.83. The Bertz CT molecular complexity index is 669. The van der Waals surface area contributed by atoms with Crippen molar-refractivity contribution in [2.24, 2.45) is 0 Å². The van der Waals surface area contributed by atoms with Gasteiger partial charge in [0.1, 0.15) is 0 Å². The summed E-state index contributed by atoms with van der Waals surface area (Å²) in [6.07, 6.45) is -2.91. The largest absolute Gasteiger partial charge is 0.417 e. The van der Waals surface area contributed by atoms with Gasteiger partial charge in [-0.3, -0.25) is 0 Å². The van der Waals surface area contributed by atoms with E-state index in [0.29, 0.717) is 38.3 Å². The summed E-state index contributed by atoms with van der Waals surface area (Å²) in [5.74, 6) is -0.947. The van der Waals surface area contributed by atoms with Crippen molar-refractivity contribution in [1.29, 1.82) is 0 Å². The van der Waals surface area contributed by atoms with Crippen molar-refractivity contribution in [1.82, 2.24) is 9.29 Å². The maximum absolute atomic E-state index is 12.6. The van der Waals surface area contributed by atoms with Gasteiger partial charge in [-0.15, -0.1) is 0 Å². The lowest BCUT2D eigenvalue weighted by molar-refractivity contribution is -0.179. The lowest BCUT2D eigenvalue weighted by Gasteiger charge is -2.37. The third-order valence-corrected chi connectivity index (χ3v) is 5.63. The lowest BCUT2D eigenvalue weighted by Crippen LogP contribution is -2.51. The first-order chi connectivity index (χ1) is 10.7. The van der Waals surface area contributed by atoms with Crippen LogP contribution in [0.5, 0.6) is 0 Å². The molecule has 0 aliphatic carbocycles. The molecule has 128 valence electrons. The van der Waals surface area contributed by atoms with Crippen molar-refractivity contribution in [3.8, 4) is 0 Å². The third-order valence-electron chi connectivity index (χ3n) is 3.86. The van der Waals surface area contributed by atoms with Gasteiger partial charge in [0.05, 0.1) is 25.3 Å².